The number of rotatable bonds is 4. The molecular weight excluding hydrogens is 487 g/mol. The van der Waals surface area contributed by atoms with Crippen molar-refractivity contribution in [3.05, 3.63) is 78.1 Å². The maximum Gasteiger partial charge on any atom is 0.332 e. The van der Waals surface area contributed by atoms with E-state index in [-0.39, 0.29) is 22.3 Å². The van der Waals surface area contributed by atoms with Crippen LogP contribution in [0.5, 0.6) is 0 Å². The van der Waals surface area contributed by atoms with E-state index in [0.29, 0.717) is 19.6 Å². The van der Waals surface area contributed by atoms with Gasteiger partial charge in [-0.3, -0.25) is 18.7 Å². The lowest BCUT2D eigenvalue weighted by molar-refractivity contribution is -0.137. The number of fused-ring (bicyclic) bond motifs is 3. The maximum absolute atomic E-state index is 14.3. The highest BCUT2D eigenvalue weighted by molar-refractivity contribution is 9.10. The minimum absolute atomic E-state index is 0.132. The topological polar surface area (TPSA) is 81.3 Å². The summed E-state index contributed by atoms with van der Waals surface area (Å²) in [7, 11) is 0. The molecule has 29 heavy (non-hydrogen) atoms. The van der Waals surface area contributed by atoms with Crippen molar-refractivity contribution in [2.75, 3.05) is 0 Å². The van der Waals surface area contributed by atoms with Crippen LogP contribution in [0.1, 0.15) is 5.56 Å². The molecule has 0 spiro atoms. The second-order valence-electron chi connectivity index (χ2n) is 6.28. The Morgan fingerprint density at radius 1 is 1.21 bits per heavy atom. The maximum atomic E-state index is 14.3. The number of aromatic nitrogens is 2. The highest BCUT2D eigenvalue weighted by atomic mass is 79.9. The van der Waals surface area contributed by atoms with Gasteiger partial charge < -0.3 is 5.11 Å². The largest absolute Gasteiger partial charge is 0.480 e. The number of hydrogen-bond acceptors (Lipinski definition) is 4. The lowest BCUT2D eigenvalue weighted by Gasteiger charge is -2.12. The molecule has 0 aliphatic carbocycles. The lowest BCUT2D eigenvalue weighted by Crippen LogP contribution is -2.41. The molecule has 2 heterocycles. The molecule has 0 aliphatic rings. The predicted octanol–water partition coefficient (Wildman–Crippen LogP) is 4.07. The van der Waals surface area contributed by atoms with Gasteiger partial charge >= 0.3 is 11.7 Å². The van der Waals surface area contributed by atoms with E-state index < -0.39 is 29.6 Å². The normalized spacial score (nSPS) is 11.4. The second-order valence-corrected chi connectivity index (χ2v) is 8.66. The zero-order chi connectivity index (χ0) is 20.9. The van der Waals surface area contributed by atoms with Crippen molar-refractivity contribution in [1.29, 1.82) is 0 Å². The Morgan fingerprint density at radius 2 is 1.97 bits per heavy atom. The van der Waals surface area contributed by atoms with E-state index >= 15 is 0 Å². The molecule has 2 aromatic carbocycles. The summed E-state index contributed by atoms with van der Waals surface area (Å²) >= 11 is 10.5. The number of thiophene rings is 1. The Balaban J connectivity index is 2.07. The molecule has 6 nitrogen and oxygen atoms in total. The van der Waals surface area contributed by atoms with Gasteiger partial charge in [-0.05, 0) is 24.3 Å². The summed E-state index contributed by atoms with van der Waals surface area (Å²) in [4.78, 5) is 37.6. The number of carboxylic acid groups (broad SMARTS) is 1. The fourth-order valence-electron chi connectivity index (χ4n) is 3.19. The zero-order valence-electron chi connectivity index (χ0n) is 14.5. The molecule has 10 heteroatoms. The number of carbonyl (C=O) groups is 1. The SMILES string of the molecule is O=C(O)Cn1c(=O)n(Cc2ccc(Br)cc2F)c(=O)c2sc3cccc(Cl)c3c21. The van der Waals surface area contributed by atoms with Gasteiger partial charge in [0.1, 0.15) is 17.1 Å². The minimum atomic E-state index is -1.25. The van der Waals surface area contributed by atoms with Crippen molar-refractivity contribution < 1.29 is 14.3 Å². The van der Waals surface area contributed by atoms with E-state index in [2.05, 4.69) is 15.9 Å². The Morgan fingerprint density at radius 3 is 2.66 bits per heavy atom. The fourth-order valence-corrected chi connectivity index (χ4v) is 5.02. The van der Waals surface area contributed by atoms with Crippen LogP contribution in [-0.4, -0.2) is 20.2 Å². The van der Waals surface area contributed by atoms with Crippen LogP contribution >= 0.6 is 38.9 Å². The highest BCUT2D eigenvalue weighted by Crippen LogP contribution is 2.35. The molecule has 0 unspecified atom stereocenters. The van der Waals surface area contributed by atoms with Crippen LogP contribution in [0.15, 0.2) is 50.5 Å². The summed E-state index contributed by atoms with van der Waals surface area (Å²) < 4.78 is 17.5. The van der Waals surface area contributed by atoms with Gasteiger partial charge in [0.15, 0.2) is 0 Å². The van der Waals surface area contributed by atoms with Crippen molar-refractivity contribution in [2.45, 2.75) is 13.1 Å². The molecule has 148 valence electrons. The van der Waals surface area contributed by atoms with Gasteiger partial charge in [0.25, 0.3) is 5.56 Å². The van der Waals surface area contributed by atoms with Crippen LogP contribution in [0, 0.1) is 5.82 Å². The molecule has 0 radical (unpaired) electrons. The smallest absolute Gasteiger partial charge is 0.332 e. The molecule has 2 aromatic heterocycles. The van der Waals surface area contributed by atoms with Gasteiger partial charge in [-0.1, -0.05) is 39.7 Å². The summed E-state index contributed by atoms with van der Waals surface area (Å²) in [6, 6.07) is 9.33. The molecule has 0 amide bonds. The fraction of sp³-hybridized carbons (Fsp3) is 0.105. The summed E-state index contributed by atoms with van der Waals surface area (Å²) in [5, 5.41) is 10.1. The number of aliphatic carboxylic acids is 1. The minimum Gasteiger partial charge on any atom is -0.480 e. The Kier molecular flexibility index (Phi) is 5.05. The first-order valence-electron chi connectivity index (χ1n) is 8.28. The van der Waals surface area contributed by atoms with E-state index in [1.54, 1.807) is 24.3 Å². The van der Waals surface area contributed by atoms with Crippen LogP contribution in [0.2, 0.25) is 5.02 Å². The van der Waals surface area contributed by atoms with E-state index in [1.165, 1.54) is 12.1 Å². The third kappa shape index (κ3) is 3.39. The average Bonchev–Trinajstić information content (AvgIpc) is 3.05. The molecule has 4 aromatic rings. The summed E-state index contributed by atoms with van der Waals surface area (Å²) in [5.74, 6) is -1.84. The first-order chi connectivity index (χ1) is 13.8. The summed E-state index contributed by atoms with van der Waals surface area (Å²) in [5.41, 5.74) is -1.15. The van der Waals surface area contributed by atoms with E-state index in [9.17, 15) is 23.9 Å². The van der Waals surface area contributed by atoms with Gasteiger partial charge in [-0.25, -0.2) is 9.18 Å². The van der Waals surface area contributed by atoms with Crippen LogP contribution in [0.25, 0.3) is 20.3 Å². The third-order valence-corrected chi connectivity index (χ3v) is 6.39. The number of halogens is 3. The molecule has 4 rings (SSSR count). The summed E-state index contributed by atoms with van der Waals surface area (Å²) in [6.07, 6.45) is 0. The molecule has 0 fully saturated rings. The van der Waals surface area contributed by atoms with Gasteiger partial charge in [0.2, 0.25) is 0 Å². The van der Waals surface area contributed by atoms with Crippen molar-refractivity contribution in [2.24, 2.45) is 0 Å². The number of hydrogen-bond donors (Lipinski definition) is 1. The van der Waals surface area contributed by atoms with E-state index in [1.807, 2.05) is 0 Å². The second kappa shape index (κ2) is 7.40. The number of nitrogens with zero attached hydrogens (tertiary/aromatic N) is 2. The van der Waals surface area contributed by atoms with Crippen molar-refractivity contribution in [1.82, 2.24) is 9.13 Å². The molecule has 0 bridgehead atoms. The quantitative estimate of drug-likeness (QED) is 0.461. The van der Waals surface area contributed by atoms with Crippen LogP contribution in [0.4, 0.5) is 4.39 Å². The van der Waals surface area contributed by atoms with E-state index in [0.717, 1.165) is 20.5 Å². The van der Waals surface area contributed by atoms with Crippen molar-refractivity contribution in [3.8, 4) is 0 Å². The van der Waals surface area contributed by atoms with Crippen molar-refractivity contribution >= 4 is 65.1 Å². The molecule has 0 aliphatic heterocycles. The van der Waals surface area contributed by atoms with Crippen LogP contribution < -0.4 is 11.2 Å². The monoisotopic (exact) mass is 496 g/mol. The number of carboxylic acids is 1. The third-order valence-electron chi connectivity index (χ3n) is 4.45. The zero-order valence-corrected chi connectivity index (χ0v) is 17.6. The van der Waals surface area contributed by atoms with Gasteiger partial charge in [-0.15, -0.1) is 11.3 Å². The Hall–Kier alpha value is -2.49. The van der Waals surface area contributed by atoms with Crippen LogP contribution in [-0.2, 0) is 17.9 Å². The number of benzene rings is 2. The first kappa shape index (κ1) is 19.8. The lowest BCUT2D eigenvalue weighted by atomic mass is 10.2. The van der Waals surface area contributed by atoms with Gasteiger partial charge in [0, 0.05) is 20.1 Å². The first-order valence-corrected chi connectivity index (χ1v) is 10.3. The van der Waals surface area contributed by atoms with Gasteiger partial charge in [0.05, 0.1) is 17.1 Å². The van der Waals surface area contributed by atoms with Crippen LogP contribution in [0.3, 0.4) is 0 Å². The average molecular weight is 498 g/mol. The van der Waals surface area contributed by atoms with Crippen molar-refractivity contribution in [3.63, 3.8) is 0 Å². The molecular formula is C19H11BrClFN2O4S. The molecule has 0 saturated heterocycles. The Labute approximate surface area is 179 Å². The van der Waals surface area contributed by atoms with Gasteiger partial charge in [-0.2, -0.15) is 0 Å². The standard InChI is InChI=1S/C19H11BrClFN2O4S/c20-10-5-4-9(12(22)6-10)7-24-18(27)17-16(23(19(24)28)8-14(25)26)15-11(21)2-1-3-13(15)29-17/h1-6H,7-8H2,(H,25,26). The van der Waals surface area contributed by atoms with E-state index in [4.69, 9.17) is 11.6 Å². The highest BCUT2D eigenvalue weighted by Gasteiger charge is 2.21. The Bertz CT molecular complexity index is 1430. The summed E-state index contributed by atoms with van der Waals surface area (Å²) in [6.45, 7) is -0.982. The molecule has 0 atom stereocenters. The molecule has 1 N–H and O–H groups in total. The molecule has 0 saturated carbocycles. The predicted molar refractivity (Wildman–Crippen MR) is 114 cm³/mol.